The molecular weight excluding hydrogens is 126 g/mol. The van der Waals surface area contributed by atoms with Gasteiger partial charge in [0, 0.05) is 6.42 Å². The van der Waals surface area contributed by atoms with Gasteiger partial charge in [0.2, 0.25) is 0 Å². The molecule has 0 aromatic rings. The van der Waals surface area contributed by atoms with Crippen LogP contribution in [0.5, 0.6) is 0 Å². The van der Waals surface area contributed by atoms with Crippen LogP contribution in [0, 0.1) is 5.92 Å². The minimum Gasteiger partial charge on any atom is -0.501 e. The van der Waals surface area contributed by atoms with Gasteiger partial charge >= 0.3 is 0 Å². The molecule has 0 bridgehead atoms. The third-order valence-corrected chi connectivity index (χ3v) is 2.07. The van der Waals surface area contributed by atoms with Crippen LogP contribution in [0.15, 0.2) is 11.8 Å². The van der Waals surface area contributed by atoms with Gasteiger partial charge in [-0.25, -0.2) is 0 Å². The first-order chi connectivity index (χ1) is 4.86. The normalized spacial score (nSPS) is 25.8. The fraction of sp³-hybridized carbons (Fsp3) is 0.750. The molecule has 1 rings (SSSR count). The molecule has 0 aromatic carbocycles. The summed E-state index contributed by atoms with van der Waals surface area (Å²) >= 11 is 0. The van der Waals surface area contributed by atoms with E-state index < -0.39 is 0 Å². The van der Waals surface area contributed by atoms with Crippen LogP contribution in [-0.4, -0.2) is 13.7 Å². The van der Waals surface area contributed by atoms with Crippen molar-refractivity contribution in [3.63, 3.8) is 0 Å². The molecule has 2 nitrogen and oxygen atoms in total. The Labute approximate surface area is 62.1 Å². The minimum atomic E-state index is 0.693. The van der Waals surface area contributed by atoms with Crippen molar-refractivity contribution in [2.75, 3.05) is 13.7 Å². The highest BCUT2D eigenvalue weighted by molar-refractivity contribution is 4.98. The van der Waals surface area contributed by atoms with E-state index in [1.807, 2.05) is 0 Å². The summed E-state index contributed by atoms with van der Waals surface area (Å²) in [6.07, 6.45) is 5.51. The SMILES string of the molecule is COC1=CCC(CN)CC1. The molecule has 0 saturated carbocycles. The molecule has 10 heavy (non-hydrogen) atoms. The third-order valence-electron chi connectivity index (χ3n) is 2.07. The van der Waals surface area contributed by atoms with Crippen LogP contribution >= 0.6 is 0 Å². The molecule has 0 saturated heterocycles. The summed E-state index contributed by atoms with van der Waals surface area (Å²) in [7, 11) is 1.73. The van der Waals surface area contributed by atoms with Crippen molar-refractivity contribution in [3.05, 3.63) is 11.8 Å². The van der Waals surface area contributed by atoms with Gasteiger partial charge in [-0.05, 0) is 31.4 Å². The average Bonchev–Trinajstić information content (AvgIpc) is 2.05. The highest BCUT2D eigenvalue weighted by atomic mass is 16.5. The van der Waals surface area contributed by atoms with Crippen molar-refractivity contribution in [3.8, 4) is 0 Å². The van der Waals surface area contributed by atoms with Crippen LogP contribution in [0.25, 0.3) is 0 Å². The van der Waals surface area contributed by atoms with Crippen molar-refractivity contribution >= 4 is 0 Å². The molecule has 1 aliphatic carbocycles. The lowest BCUT2D eigenvalue weighted by Crippen LogP contribution is -2.16. The predicted octanol–water partition coefficient (Wildman–Crippen LogP) is 1.28. The zero-order chi connectivity index (χ0) is 7.40. The summed E-state index contributed by atoms with van der Waals surface area (Å²) in [5.74, 6) is 1.82. The number of rotatable bonds is 2. The molecule has 2 heteroatoms. The fourth-order valence-corrected chi connectivity index (χ4v) is 1.26. The minimum absolute atomic E-state index is 0.693. The second kappa shape index (κ2) is 3.62. The lowest BCUT2D eigenvalue weighted by Gasteiger charge is -2.18. The van der Waals surface area contributed by atoms with Crippen LogP contribution in [0.2, 0.25) is 0 Å². The molecule has 1 aliphatic rings. The first-order valence-corrected chi connectivity index (χ1v) is 3.80. The Bertz CT molecular complexity index is 131. The third kappa shape index (κ3) is 1.74. The molecule has 58 valence electrons. The van der Waals surface area contributed by atoms with Crippen LogP contribution in [0.3, 0.4) is 0 Å². The molecular formula is C8H15NO. The Kier molecular flexibility index (Phi) is 2.75. The summed E-state index contributed by atoms with van der Waals surface area (Å²) in [5.41, 5.74) is 5.52. The molecule has 0 aliphatic heterocycles. The van der Waals surface area contributed by atoms with Gasteiger partial charge in [0.05, 0.1) is 12.9 Å². The molecule has 0 amide bonds. The van der Waals surface area contributed by atoms with Crippen LogP contribution in [-0.2, 0) is 4.74 Å². The van der Waals surface area contributed by atoms with Crippen LogP contribution in [0.4, 0.5) is 0 Å². The highest BCUT2D eigenvalue weighted by Gasteiger charge is 2.12. The van der Waals surface area contributed by atoms with E-state index in [9.17, 15) is 0 Å². The van der Waals surface area contributed by atoms with E-state index in [0.29, 0.717) is 5.92 Å². The zero-order valence-corrected chi connectivity index (χ0v) is 6.47. The van der Waals surface area contributed by atoms with Crippen molar-refractivity contribution < 1.29 is 4.74 Å². The smallest absolute Gasteiger partial charge is 0.0915 e. The first-order valence-electron chi connectivity index (χ1n) is 3.80. The molecule has 0 aromatic heterocycles. The monoisotopic (exact) mass is 141 g/mol. The Morgan fingerprint density at radius 3 is 3.00 bits per heavy atom. The molecule has 0 spiro atoms. The fourth-order valence-electron chi connectivity index (χ4n) is 1.26. The highest BCUT2D eigenvalue weighted by Crippen LogP contribution is 2.22. The summed E-state index contributed by atoms with van der Waals surface area (Å²) in [6.45, 7) is 0.813. The van der Waals surface area contributed by atoms with Gasteiger partial charge in [-0.3, -0.25) is 0 Å². The molecule has 1 unspecified atom stereocenters. The van der Waals surface area contributed by atoms with Crippen molar-refractivity contribution in [1.29, 1.82) is 0 Å². The van der Waals surface area contributed by atoms with E-state index in [0.717, 1.165) is 25.1 Å². The maximum Gasteiger partial charge on any atom is 0.0915 e. The Morgan fingerprint density at radius 1 is 1.80 bits per heavy atom. The first kappa shape index (κ1) is 7.61. The largest absolute Gasteiger partial charge is 0.501 e. The summed E-state index contributed by atoms with van der Waals surface area (Å²) in [5, 5.41) is 0. The topological polar surface area (TPSA) is 35.2 Å². The van der Waals surface area contributed by atoms with Gasteiger partial charge in [-0.2, -0.15) is 0 Å². The number of methoxy groups -OCH3 is 1. The van der Waals surface area contributed by atoms with Crippen LogP contribution < -0.4 is 5.73 Å². The lowest BCUT2D eigenvalue weighted by molar-refractivity contribution is 0.254. The van der Waals surface area contributed by atoms with Crippen molar-refractivity contribution in [2.24, 2.45) is 11.7 Å². The van der Waals surface area contributed by atoms with Gasteiger partial charge in [0.1, 0.15) is 0 Å². The van der Waals surface area contributed by atoms with E-state index in [-0.39, 0.29) is 0 Å². The maximum atomic E-state index is 5.52. The van der Waals surface area contributed by atoms with E-state index in [1.54, 1.807) is 7.11 Å². The summed E-state index contributed by atoms with van der Waals surface area (Å²) in [6, 6.07) is 0. The van der Waals surface area contributed by atoms with Crippen molar-refractivity contribution in [1.82, 2.24) is 0 Å². The number of hydrogen-bond acceptors (Lipinski definition) is 2. The molecule has 2 N–H and O–H groups in total. The quantitative estimate of drug-likeness (QED) is 0.628. The van der Waals surface area contributed by atoms with Gasteiger partial charge in [0.25, 0.3) is 0 Å². The van der Waals surface area contributed by atoms with Gasteiger partial charge in [-0.1, -0.05) is 0 Å². The van der Waals surface area contributed by atoms with E-state index in [2.05, 4.69) is 6.08 Å². The Hall–Kier alpha value is -0.500. The standard InChI is InChI=1S/C8H15NO/c1-10-8-4-2-7(6-9)3-5-8/h4,7H,2-3,5-6,9H2,1H3. The summed E-state index contributed by atoms with van der Waals surface area (Å²) in [4.78, 5) is 0. The number of nitrogens with two attached hydrogens (primary N) is 1. The van der Waals surface area contributed by atoms with Gasteiger partial charge in [0.15, 0.2) is 0 Å². The number of hydrogen-bond donors (Lipinski definition) is 1. The van der Waals surface area contributed by atoms with E-state index in [4.69, 9.17) is 10.5 Å². The molecule has 0 heterocycles. The lowest BCUT2D eigenvalue weighted by atomic mass is 9.94. The maximum absolute atomic E-state index is 5.52. The van der Waals surface area contributed by atoms with E-state index in [1.165, 1.54) is 6.42 Å². The average molecular weight is 141 g/mol. The number of ether oxygens (including phenoxy) is 1. The molecule has 0 fully saturated rings. The Morgan fingerprint density at radius 2 is 2.60 bits per heavy atom. The molecule has 0 radical (unpaired) electrons. The second-order valence-corrected chi connectivity index (χ2v) is 2.75. The van der Waals surface area contributed by atoms with Gasteiger partial charge in [-0.15, -0.1) is 0 Å². The van der Waals surface area contributed by atoms with Crippen molar-refractivity contribution in [2.45, 2.75) is 19.3 Å². The Balaban J connectivity index is 2.36. The van der Waals surface area contributed by atoms with Crippen LogP contribution in [0.1, 0.15) is 19.3 Å². The molecule has 1 atom stereocenters. The zero-order valence-electron chi connectivity index (χ0n) is 6.47. The van der Waals surface area contributed by atoms with Gasteiger partial charge < -0.3 is 10.5 Å². The summed E-state index contributed by atoms with van der Waals surface area (Å²) < 4.78 is 5.10. The predicted molar refractivity (Wildman–Crippen MR) is 41.5 cm³/mol. The second-order valence-electron chi connectivity index (χ2n) is 2.75. The number of allylic oxidation sites excluding steroid dienone is 2. The van der Waals surface area contributed by atoms with E-state index >= 15 is 0 Å².